The quantitative estimate of drug-likeness (QED) is 0.475. The van der Waals surface area contributed by atoms with Gasteiger partial charge in [0.1, 0.15) is 6.04 Å². The standard InChI is InChI=1S/C25H33F2N3O4S/c1-18(2)28-25(32)19(3)29(16-14-20-9-6-5-7-10-20)24(31)11-8-15-30(35(4,33)34)21-12-13-22(26)23(27)17-21/h5-7,9-10,12-13,17-19H,8,11,14-16H2,1-4H3,(H,28,32)/t19-/m0/s1. The van der Waals surface area contributed by atoms with Crippen molar-refractivity contribution in [2.45, 2.75) is 52.1 Å². The summed E-state index contributed by atoms with van der Waals surface area (Å²) < 4.78 is 52.4. The summed E-state index contributed by atoms with van der Waals surface area (Å²) in [6, 6.07) is 11.6. The number of benzene rings is 2. The molecule has 2 rings (SSSR count). The van der Waals surface area contributed by atoms with Crippen molar-refractivity contribution in [3.63, 3.8) is 0 Å². The van der Waals surface area contributed by atoms with Gasteiger partial charge in [-0.2, -0.15) is 0 Å². The first-order valence-electron chi connectivity index (χ1n) is 11.5. The van der Waals surface area contributed by atoms with Gasteiger partial charge in [-0.25, -0.2) is 17.2 Å². The maximum absolute atomic E-state index is 13.7. The molecule has 10 heteroatoms. The summed E-state index contributed by atoms with van der Waals surface area (Å²) in [6.07, 6.45) is 1.62. The number of amides is 2. The van der Waals surface area contributed by atoms with Crippen LogP contribution in [0, 0.1) is 11.6 Å². The number of carbonyl (C=O) groups excluding carboxylic acids is 2. The molecular formula is C25H33F2N3O4S. The lowest BCUT2D eigenvalue weighted by Gasteiger charge is -2.30. The Hall–Kier alpha value is -3.01. The molecule has 0 aliphatic heterocycles. The molecule has 35 heavy (non-hydrogen) atoms. The number of nitrogens with one attached hydrogen (secondary N) is 1. The smallest absolute Gasteiger partial charge is 0.242 e. The Labute approximate surface area is 206 Å². The molecule has 0 aliphatic rings. The Morgan fingerprint density at radius 1 is 0.971 bits per heavy atom. The first-order chi connectivity index (χ1) is 16.4. The molecule has 0 unspecified atom stereocenters. The minimum Gasteiger partial charge on any atom is -0.352 e. The number of hydrogen-bond acceptors (Lipinski definition) is 4. The Morgan fingerprint density at radius 2 is 1.63 bits per heavy atom. The lowest BCUT2D eigenvalue weighted by molar-refractivity contribution is -0.140. The Balaban J connectivity index is 2.12. The van der Waals surface area contributed by atoms with E-state index in [4.69, 9.17) is 0 Å². The molecule has 0 saturated heterocycles. The molecule has 7 nitrogen and oxygen atoms in total. The van der Waals surface area contributed by atoms with Gasteiger partial charge in [0.25, 0.3) is 0 Å². The van der Waals surface area contributed by atoms with Crippen LogP contribution in [0.1, 0.15) is 39.2 Å². The first-order valence-corrected chi connectivity index (χ1v) is 13.3. The largest absolute Gasteiger partial charge is 0.352 e. The number of carbonyl (C=O) groups is 2. The third kappa shape index (κ3) is 8.61. The van der Waals surface area contributed by atoms with Crippen LogP contribution >= 0.6 is 0 Å². The van der Waals surface area contributed by atoms with Gasteiger partial charge in [-0.3, -0.25) is 13.9 Å². The minimum atomic E-state index is -3.80. The molecule has 0 aromatic heterocycles. The molecule has 0 radical (unpaired) electrons. The SMILES string of the molecule is CC(C)NC(=O)[C@H](C)N(CCc1ccccc1)C(=O)CCCN(c1ccc(F)c(F)c1)S(C)(=O)=O. The van der Waals surface area contributed by atoms with E-state index in [1.54, 1.807) is 6.92 Å². The zero-order valence-electron chi connectivity index (χ0n) is 20.5. The van der Waals surface area contributed by atoms with E-state index in [-0.39, 0.29) is 42.9 Å². The van der Waals surface area contributed by atoms with E-state index in [9.17, 15) is 26.8 Å². The van der Waals surface area contributed by atoms with E-state index in [0.29, 0.717) is 13.0 Å². The molecule has 0 fully saturated rings. The molecular weight excluding hydrogens is 476 g/mol. The molecule has 0 spiro atoms. The fraction of sp³-hybridized carbons (Fsp3) is 0.440. The van der Waals surface area contributed by atoms with Crippen LogP contribution in [-0.4, -0.2) is 56.6 Å². The van der Waals surface area contributed by atoms with Crippen molar-refractivity contribution >= 4 is 27.5 Å². The van der Waals surface area contributed by atoms with Gasteiger partial charge in [0.2, 0.25) is 21.8 Å². The van der Waals surface area contributed by atoms with Crippen LogP contribution in [0.15, 0.2) is 48.5 Å². The number of rotatable bonds is 12. The predicted octanol–water partition coefficient (Wildman–Crippen LogP) is 3.50. The molecule has 0 saturated carbocycles. The number of hydrogen-bond donors (Lipinski definition) is 1. The maximum atomic E-state index is 13.7. The summed E-state index contributed by atoms with van der Waals surface area (Å²) in [5.74, 6) is -2.82. The highest BCUT2D eigenvalue weighted by molar-refractivity contribution is 7.92. The number of sulfonamides is 1. The van der Waals surface area contributed by atoms with Crippen LogP contribution < -0.4 is 9.62 Å². The van der Waals surface area contributed by atoms with Crippen LogP contribution in [0.25, 0.3) is 0 Å². The molecule has 192 valence electrons. The Kier molecular flexibility index (Phi) is 10.2. The van der Waals surface area contributed by atoms with E-state index in [1.165, 1.54) is 11.0 Å². The number of nitrogens with zero attached hydrogens (tertiary/aromatic N) is 2. The van der Waals surface area contributed by atoms with Crippen molar-refractivity contribution < 1.29 is 26.8 Å². The summed E-state index contributed by atoms with van der Waals surface area (Å²) in [5.41, 5.74) is 0.993. The highest BCUT2D eigenvalue weighted by Gasteiger charge is 2.26. The average Bonchev–Trinajstić information content (AvgIpc) is 2.78. The molecule has 2 aromatic carbocycles. The second kappa shape index (κ2) is 12.6. The number of anilines is 1. The van der Waals surface area contributed by atoms with E-state index in [2.05, 4.69) is 5.32 Å². The van der Waals surface area contributed by atoms with Crippen molar-refractivity contribution in [1.29, 1.82) is 0 Å². The Bertz CT molecular complexity index is 1110. The van der Waals surface area contributed by atoms with E-state index in [0.717, 1.165) is 28.3 Å². The van der Waals surface area contributed by atoms with Crippen molar-refractivity contribution in [2.24, 2.45) is 0 Å². The highest BCUT2D eigenvalue weighted by atomic mass is 32.2. The van der Waals surface area contributed by atoms with Gasteiger partial charge in [0.15, 0.2) is 11.6 Å². The second-order valence-corrected chi connectivity index (χ2v) is 10.6. The van der Waals surface area contributed by atoms with Crippen molar-refractivity contribution in [3.8, 4) is 0 Å². The zero-order chi connectivity index (χ0) is 26.2. The van der Waals surface area contributed by atoms with Gasteiger partial charge in [-0.1, -0.05) is 30.3 Å². The summed E-state index contributed by atoms with van der Waals surface area (Å²) in [4.78, 5) is 27.2. The fourth-order valence-corrected chi connectivity index (χ4v) is 4.58. The van der Waals surface area contributed by atoms with Crippen LogP contribution in [0.3, 0.4) is 0 Å². The lowest BCUT2D eigenvalue weighted by atomic mass is 10.1. The minimum absolute atomic E-state index is 0.0236. The number of halogens is 2. The van der Waals surface area contributed by atoms with Crippen molar-refractivity contribution in [2.75, 3.05) is 23.7 Å². The van der Waals surface area contributed by atoms with Gasteiger partial charge in [0, 0.05) is 31.6 Å². The topological polar surface area (TPSA) is 86.8 Å². The third-order valence-corrected chi connectivity index (χ3v) is 6.62. The molecule has 0 bridgehead atoms. The zero-order valence-corrected chi connectivity index (χ0v) is 21.3. The third-order valence-electron chi connectivity index (χ3n) is 5.43. The lowest BCUT2D eigenvalue weighted by Crippen LogP contribution is -2.50. The highest BCUT2D eigenvalue weighted by Crippen LogP contribution is 2.21. The van der Waals surface area contributed by atoms with Gasteiger partial charge in [-0.15, -0.1) is 0 Å². The molecule has 1 atom stereocenters. The normalized spacial score (nSPS) is 12.3. The molecule has 2 aromatic rings. The van der Waals surface area contributed by atoms with Crippen LogP contribution in [-0.2, 0) is 26.0 Å². The van der Waals surface area contributed by atoms with Gasteiger partial charge >= 0.3 is 0 Å². The summed E-state index contributed by atoms with van der Waals surface area (Å²) in [7, 11) is -3.80. The molecule has 1 N–H and O–H groups in total. The van der Waals surface area contributed by atoms with Crippen LogP contribution in [0.5, 0.6) is 0 Å². The fourth-order valence-electron chi connectivity index (χ4n) is 3.62. The maximum Gasteiger partial charge on any atom is 0.242 e. The van der Waals surface area contributed by atoms with E-state index >= 15 is 0 Å². The first kappa shape index (κ1) is 28.2. The second-order valence-electron chi connectivity index (χ2n) is 8.70. The molecule has 0 aliphatic carbocycles. The average molecular weight is 510 g/mol. The van der Waals surface area contributed by atoms with Crippen LogP contribution in [0.2, 0.25) is 0 Å². The van der Waals surface area contributed by atoms with Gasteiger partial charge in [-0.05, 0) is 51.3 Å². The predicted molar refractivity (Wildman–Crippen MR) is 132 cm³/mol. The van der Waals surface area contributed by atoms with Crippen LogP contribution in [0.4, 0.5) is 14.5 Å². The van der Waals surface area contributed by atoms with E-state index < -0.39 is 27.7 Å². The van der Waals surface area contributed by atoms with Crippen molar-refractivity contribution in [3.05, 3.63) is 65.7 Å². The van der Waals surface area contributed by atoms with E-state index in [1.807, 2.05) is 44.2 Å². The Morgan fingerprint density at radius 3 is 2.20 bits per heavy atom. The summed E-state index contributed by atoms with van der Waals surface area (Å²) >= 11 is 0. The summed E-state index contributed by atoms with van der Waals surface area (Å²) in [6.45, 7) is 5.53. The monoisotopic (exact) mass is 509 g/mol. The van der Waals surface area contributed by atoms with Gasteiger partial charge < -0.3 is 10.2 Å². The summed E-state index contributed by atoms with van der Waals surface area (Å²) in [5, 5.41) is 2.82. The molecule has 0 heterocycles. The van der Waals surface area contributed by atoms with Gasteiger partial charge in [0.05, 0.1) is 11.9 Å². The molecule has 2 amide bonds. The van der Waals surface area contributed by atoms with Crippen molar-refractivity contribution in [1.82, 2.24) is 10.2 Å².